The van der Waals surface area contributed by atoms with E-state index >= 15 is 0 Å². The van der Waals surface area contributed by atoms with Crippen LogP contribution in [0.2, 0.25) is 0 Å². The van der Waals surface area contributed by atoms with Crippen molar-refractivity contribution in [3.05, 3.63) is 0 Å². The van der Waals surface area contributed by atoms with Crippen LogP contribution in [0.5, 0.6) is 0 Å². The molecule has 0 unspecified atom stereocenters. The van der Waals surface area contributed by atoms with Crippen LogP contribution in [0, 0.1) is 0 Å². The highest BCUT2D eigenvalue weighted by Gasteiger charge is 2.25. The minimum absolute atomic E-state index is 0.00965. The topological polar surface area (TPSA) is 133 Å². The highest BCUT2D eigenvalue weighted by Crippen LogP contribution is 2.05. The van der Waals surface area contributed by atoms with Crippen LogP contribution in [0.4, 0.5) is 0 Å². The van der Waals surface area contributed by atoms with Gasteiger partial charge in [-0.1, -0.05) is 0 Å². The Hall–Kier alpha value is -0.480. The van der Waals surface area contributed by atoms with Gasteiger partial charge in [-0.15, -0.1) is 0 Å². The highest BCUT2D eigenvalue weighted by atomic mass is 16.8. The molecule has 2 N–H and O–H groups in total. The lowest BCUT2D eigenvalue weighted by atomic mass is 10.6. The molecule has 0 aliphatic heterocycles. The molecule has 0 heterocycles. The number of hydrogen-bond donors (Lipinski definition) is 2. The molecule has 0 saturated carbocycles. The van der Waals surface area contributed by atoms with E-state index in [-0.39, 0.29) is 13.2 Å². The van der Waals surface area contributed by atoms with Crippen LogP contribution in [-0.2, 0) is 47.4 Å². The van der Waals surface area contributed by atoms with Crippen molar-refractivity contribution in [2.24, 2.45) is 0 Å². The predicted octanol–water partition coefficient (Wildman–Crippen LogP) is -0.704. The van der Waals surface area contributed by atoms with E-state index in [2.05, 4.69) is 9.47 Å². The Bertz CT molecular complexity index is 320. The molecule has 0 atom stereocenters. The molecule has 0 aromatic heterocycles. The van der Waals surface area contributed by atoms with E-state index in [1.165, 1.54) is 14.2 Å². The van der Waals surface area contributed by atoms with Crippen molar-refractivity contribution < 1.29 is 57.6 Å². The van der Waals surface area contributed by atoms with Crippen LogP contribution >= 0.6 is 0 Å². The standard InChI is InChI=1S/C10H22O7.C10H22O5/c1-13-10(12,14-2)9-17-8-7-16-6-5-15-4-3-11;1-11-3-5-13-7-9-15-10-8-14-6-4-12-2/h11-12H,3-9H2,1-2H3;3-10H2,1-2H3. The van der Waals surface area contributed by atoms with E-state index in [1.54, 1.807) is 14.2 Å². The largest absolute Gasteiger partial charge is 0.394 e. The van der Waals surface area contributed by atoms with Crippen LogP contribution in [0.3, 0.4) is 0 Å². The van der Waals surface area contributed by atoms with Crippen molar-refractivity contribution in [1.82, 2.24) is 0 Å². The van der Waals surface area contributed by atoms with Crippen molar-refractivity contribution in [2.75, 3.05) is 128 Å². The first-order valence-electron chi connectivity index (χ1n) is 10.5. The molecule has 0 fully saturated rings. The second kappa shape index (κ2) is 28.6. The fourth-order valence-corrected chi connectivity index (χ4v) is 1.73. The highest BCUT2D eigenvalue weighted by molar-refractivity contribution is 4.49. The third kappa shape index (κ3) is 27.6. The summed E-state index contributed by atoms with van der Waals surface area (Å²) < 4.78 is 50.0. The van der Waals surface area contributed by atoms with Crippen molar-refractivity contribution in [2.45, 2.75) is 5.97 Å². The fraction of sp³-hybridized carbons (Fsp3) is 1.00. The van der Waals surface area contributed by atoms with Gasteiger partial charge in [0.15, 0.2) is 0 Å². The van der Waals surface area contributed by atoms with E-state index in [0.717, 1.165) is 0 Å². The van der Waals surface area contributed by atoms with Gasteiger partial charge in [-0.3, -0.25) is 0 Å². The first kappa shape index (κ1) is 33.7. The van der Waals surface area contributed by atoms with E-state index in [9.17, 15) is 5.11 Å². The van der Waals surface area contributed by atoms with Crippen molar-refractivity contribution in [1.29, 1.82) is 0 Å². The monoisotopic (exact) mass is 476 g/mol. The van der Waals surface area contributed by atoms with E-state index in [4.69, 9.17) is 43.0 Å². The molecule has 12 nitrogen and oxygen atoms in total. The number of rotatable bonds is 24. The van der Waals surface area contributed by atoms with Gasteiger partial charge in [0, 0.05) is 28.4 Å². The molecule has 0 aliphatic carbocycles. The maximum absolute atomic E-state index is 9.47. The average molecular weight is 477 g/mol. The zero-order chi connectivity index (χ0) is 24.2. The van der Waals surface area contributed by atoms with Gasteiger partial charge < -0.3 is 57.6 Å². The van der Waals surface area contributed by atoms with E-state index in [1.807, 2.05) is 0 Å². The summed E-state index contributed by atoms with van der Waals surface area (Å²) in [6.07, 6.45) is 0. The predicted molar refractivity (Wildman–Crippen MR) is 115 cm³/mol. The summed E-state index contributed by atoms with van der Waals surface area (Å²) in [6, 6.07) is 0. The van der Waals surface area contributed by atoms with Gasteiger partial charge in [0.05, 0.1) is 92.5 Å². The Morgan fingerprint density at radius 1 is 0.469 bits per heavy atom. The minimum atomic E-state index is -1.70. The lowest BCUT2D eigenvalue weighted by Gasteiger charge is -2.23. The molecule has 196 valence electrons. The summed E-state index contributed by atoms with van der Waals surface area (Å²) >= 11 is 0. The Labute approximate surface area is 191 Å². The Balaban J connectivity index is 0. The third-order valence-corrected chi connectivity index (χ3v) is 3.51. The SMILES string of the molecule is COC(O)(COCCOCCOCCO)OC.COCCOCCOCCOCCOC. The molecule has 0 aromatic rings. The fourth-order valence-electron chi connectivity index (χ4n) is 1.73. The Kier molecular flexibility index (Phi) is 30.1. The summed E-state index contributed by atoms with van der Waals surface area (Å²) in [5.41, 5.74) is 0. The van der Waals surface area contributed by atoms with Crippen LogP contribution in [0.25, 0.3) is 0 Å². The molecule has 0 aromatic carbocycles. The third-order valence-electron chi connectivity index (χ3n) is 3.51. The summed E-state index contributed by atoms with van der Waals surface area (Å²) in [6.45, 7) is 6.66. The lowest BCUT2D eigenvalue weighted by Crippen LogP contribution is -2.39. The minimum Gasteiger partial charge on any atom is -0.394 e. The van der Waals surface area contributed by atoms with Gasteiger partial charge in [-0.25, -0.2) is 0 Å². The zero-order valence-corrected chi connectivity index (χ0v) is 20.1. The van der Waals surface area contributed by atoms with Gasteiger partial charge in [-0.2, -0.15) is 0 Å². The van der Waals surface area contributed by atoms with E-state index < -0.39 is 5.97 Å². The molecule has 32 heavy (non-hydrogen) atoms. The molecule has 0 saturated heterocycles. The molecular weight excluding hydrogens is 432 g/mol. The van der Waals surface area contributed by atoms with Crippen molar-refractivity contribution in [3.8, 4) is 0 Å². The van der Waals surface area contributed by atoms with Gasteiger partial charge in [0.2, 0.25) is 0 Å². The molecule has 0 bridgehead atoms. The average Bonchev–Trinajstić information content (AvgIpc) is 2.82. The molecular formula is C20H44O12. The zero-order valence-electron chi connectivity index (χ0n) is 20.1. The normalized spacial score (nSPS) is 11.4. The molecule has 0 spiro atoms. The summed E-state index contributed by atoms with van der Waals surface area (Å²) in [5, 5.41) is 17.9. The molecule has 0 amide bonds. The van der Waals surface area contributed by atoms with Gasteiger partial charge >= 0.3 is 5.97 Å². The number of aliphatic hydroxyl groups is 2. The quantitative estimate of drug-likeness (QED) is 0.135. The first-order valence-corrected chi connectivity index (χ1v) is 10.5. The van der Waals surface area contributed by atoms with Crippen LogP contribution in [0.1, 0.15) is 0 Å². The summed E-state index contributed by atoms with van der Waals surface area (Å²) in [7, 11) is 5.94. The summed E-state index contributed by atoms with van der Waals surface area (Å²) in [5.74, 6) is -1.70. The smallest absolute Gasteiger partial charge is 0.304 e. The van der Waals surface area contributed by atoms with E-state index in [0.29, 0.717) is 85.9 Å². The number of methoxy groups -OCH3 is 4. The number of ether oxygens (including phenoxy) is 10. The Morgan fingerprint density at radius 2 is 0.781 bits per heavy atom. The summed E-state index contributed by atoms with van der Waals surface area (Å²) in [4.78, 5) is 0. The van der Waals surface area contributed by atoms with Gasteiger partial charge in [0.25, 0.3) is 0 Å². The van der Waals surface area contributed by atoms with Crippen molar-refractivity contribution >= 4 is 0 Å². The van der Waals surface area contributed by atoms with Crippen LogP contribution < -0.4 is 0 Å². The second-order valence-electron chi connectivity index (χ2n) is 5.94. The maximum Gasteiger partial charge on any atom is 0.304 e. The molecule has 0 rings (SSSR count). The number of hydrogen-bond acceptors (Lipinski definition) is 12. The Morgan fingerprint density at radius 3 is 1.09 bits per heavy atom. The second-order valence-corrected chi connectivity index (χ2v) is 5.94. The lowest BCUT2D eigenvalue weighted by molar-refractivity contribution is -0.357. The van der Waals surface area contributed by atoms with Crippen LogP contribution in [0.15, 0.2) is 0 Å². The molecule has 0 radical (unpaired) electrons. The molecule has 0 aliphatic rings. The van der Waals surface area contributed by atoms with Gasteiger partial charge in [-0.05, 0) is 0 Å². The van der Waals surface area contributed by atoms with Crippen molar-refractivity contribution in [3.63, 3.8) is 0 Å². The van der Waals surface area contributed by atoms with Gasteiger partial charge in [0.1, 0.15) is 6.61 Å². The van der Waals surface area contributed by atoms with Crippen LogP contribution in [-0.4, -0.2) is 144 Å². The maximum atomic E-state index is 9.47. The molecule has 12 heteroatoms. The number of aliphatic hydroxyl groups excluding tert-OH is 1. The first-order chi connectivity index (χ1) is 15.6.